The molecule has 0 bridgehead atoms. The molecule has 24 heavy (non-hydrogen) atoms. The smallest absolute Gasteiger partial charge is 0.373 e. The summed E-state index contributed by atoms with van der Waals surface area (Å²) in [4.78, 5) is 17.7. The average Bonchev–Trinajstić information content (AvgIpc) is 3.15. The lowest BCUT2D eigenvalue weighted by Gasteiger charge is -2.29. The first-order valence-corrected chi connectivity index (χ1v) is 8.21. The molecular formula is C15H14N4O4S. The molecule has 3 heterocycles. The lowest BCUT2D eigenvalue weighted by Crippen LogP contribution is -2.39. The van der Waals surface area contributed by atoms with Crippen LogP contribution >= 0.6 is 11.3 Å². The molecule has 124 valence electrons. The number of aromatic nitrogens is 2. The van der Waals surface area contributed by atoms with Crippen molar-refractivity contribution in [1.29, 1.82) is 0 Å². The zero-order valence-electron chi connectivity index (χ0n) is 12.8. The molecule has 1 aromatic carbocycles. The number of para-hydroxylation sites is 2. The van der Waals surface area contributed by atoms with Crippen LogP contribution in [0.15, 0.2) is 35.8 Å². The topological polar surface area (TPSA) is 82.1 Å². The van der Waals surface area contributed by atoms with Gasteiger partial charge in [-0.25, -0.2) is 0 Å². The monoisotopic (exact) mass is 346 g/mol. The van der Waals surface area contributed by atoms with E-state index in [1.54, 1.807) is 23.5 Å². The predicted octanol–water partition coefficient (Wildman–Crippen LogP) is 2.58. The molecule has 0 fully saturated rings. The summed E-state index contributed by atoms with van der Waals surface area (Å²) in [5.74, 6) is 1.69. The maximum absolute atomic E-state index is 11.4. The number of hydrogen-bond donors (Lipinski definition) is 0. The second-order valence-corrected chi connectivity index (χ2v) is 6.32. The highest BCUT2D eigenvalue weighted by Crippen LogP contribution is 2.33. The third kappa shape index (κ3) is 2.42. The minimum atomic E-state index is -0.411. The van der Waals surface area contributed by atoms with Crippen LogP contribution in [-0.4, -0.2) is 40.6 Å². The van der Waals surface area contributed by atoms with Crippen LogP contribution < -0.4 is 14.4 Å². The van der Waals surface area contributed by atoms with Gasteiger partial charge in [-0.1, -0.05) is 23.5 Å². The average molecular weight is 346 g/mol. The second kappa shape index (κ2) is 5.68. The van der Waals surface area contributed by atoms with Gasteiger partial charge in [-0.15, -0.1) is 0 Å². The van der Waals surface area contributed by atoms with Gasteiger partial charge in [-0.3, -0.25) is 0 Å². The first-order chi connectivity index (χ1) is 11.6. The maximum Gasteiger partial charge on any atom is 0.373 e. The predicted molar refractivity (Wildman–Crippen MR) is 89.3 cm³/mol. The SMILES string of the molecule is CN(CC1COc2ccccc2O1)c1nc2sccn2c1[N+](=O)[O-]. The quantitative estimate of drug-likeness (QED) is 0.533. The highest BCUT2D eigenvalue weighted by Gasteiger charge is 2.29. The molecule has 0 saturated heterocycles. The van der Waals surface area contributed by atoms with Crippen LogP contribution in [0, 0.1) is 10.1 Å². The summed E-state index contributed by atoms with van der Waals surface area (Å²) < 4.78 is 13.1. The zero-order chi connectivity index (χ0) is 16.7. The summed E-state index contributed by atoms with van der Waals surface area (Å²) in [7, 11) is 1.77. The molecule has 0 radical (unpaired) electrons. The highest BCUT2D eigenvalue weighted by atomic mass is 32.1. The number of imidazole rings is 1. The molecule has 1 aliphatic rings. The molecule has 0 amide bonds. The van der Waals surface area contributed by atoms with Crippen molar-refractivity contribution in [1.82, 2.24) is 9.38 Å². The normalized spacial score (nSPS) is 16.3. The number of fused-ring (bicyclic) bond motifs is 2. The molecule has 8 nitrogen and oxygen atoms in total. The van der Waals surface area contributed by atoms with Crippen LogP contribution in [0.5, 0.6) is 11.5 Å². The lowest BCUT2D eigenvalue weighted by atomic mass is 10.2. The van der Waals surface area contributed by atoms with E-state index in [-0.39, 0.29) is 11.9 Å². The van der Waals surface area contributed by atoms with Gasteiger partial charge in [-0.2, -0.15) is 9.38 Å². The summed E-state index contributed by atoms with van der Waals surface area (Å²) in [5, 5.41) is 13.2. The van der Waals surface area contributed by atoms with E-state index in [0.29, 0.717) is 35.4 Å². The molecule has 1 atom stereocenters. The number of benzene rings is 1. The fraction of sp³-hybridized carbons (Fsp3) is 0.267. The van der Waals surface area contributed by atoms with Gasteiger partial charge in [0.2, 0.25) is 5.82 Å². The standard InChI is InChI=1S/C15H14N4O4S/c1-17(8-10-9-22-11-4-2-3-5-12(11)23-10)13-14(19(20)21)18-6-7-24-15(18)16-13/h2-7,10H,8-9H2,1H3. The van der Waals surface area contributed by atoms with Crippen molar-refractivity contribution in [2.75, 3.05) is 25.1 Å². The summed E-state index contributed by atoms with van der Waals surface area (Å²) in [6.45, 7) is 0.817. The number of anilines is 1. The molecular weight excluding hydrogens is 332 g/mol. The Morgan fingerprint density at radius 1 is 1.46 bits per heavy atom. The first-order valence-electron chi connectivity index (χ1n) is 7.33. The van der Waals surface area contributed by atoms with Crippen molar-refractivity contribution in [2.24, 2.45) is 0 Å². The van der Waals surface area contributed by atoms with E-state index in [1.807, 2.05) is 24.3 Å². The molecule has 2 aromatic heterocycles. The van der Waals surface area contributed by atoms with E-state index in [4.69, 9.17) is 9.47 Å². The number of nitrogens with zero attached hydrogens (tertiary/aromatic N) is 4. The van der Waals surface area contributed by atoms with E-state index in [1.165, 1.54) is 15.7 Å². The third-order valence-corrected chi connectivity index (χ3v) is 4.56. The summed E-state index contributed by atoms with van der Waals surface area (Å²) >= 11 is 1.36. The van der Waals surface area contributed by atoms with Gasteiger partial charge in [0.05, 0.1) is 6.54 Å². The Kier molecular flexibility index (Phi) is 3.49. The van der Waals surface area contributed by atoms with Gasteiger partial charge >= 0.3 is 5.82 Å². The van der Waals surface area contributed by atoms with E-state index in [2.05, 4.69) is 4.98 Å². The van der Waals surface area contributed by atoms with Crippen molar-refractivity contribution >= 4 is 27.9 Å². The molecule has 4 rings (SSSR count). The Hall–Kier alpha value is -2.81. The van der Waals surface area contributed by atoms with Crippen molar-refractivity contribution in [3.05, 3.63) is 46.0 Å². The molecule has 1 aliphatic heterocycles. The van der Waals surface area contributed by atoms with E-state index in [9.17, 15) is 10.1 Å². The molecule has 1 unspecified atom stereocenters. The summed E-state index contributed by atoms with van der Waals surface area (Å²) in [5.41, 5.74) is 0. The van der Waals surface area contributed by atoms with Gasteiger partial charge < -0.3 is 24.5 Å². The van der Waals surface area contributed by atoms with Gasteiger partial charge in [0.1, 0.15) is 12.8 Å². The number of hydrogen-bond acceptors (Lipinski definition) is 7. The Morgan fingerprint density at radius 2 is 2.25 bits per heavy atom. The van der Waals surface area contributed by atoms with Crippen LogP contribution in [0.2, 0.25) is 0 Å². The molecule has 0 N–H and O–H groups in total. The van der Waals surface area contributed by atoms with Crippen LogP contribution in [0.4, 0.5) is 11.6 Å². The van der Waals surface area contributed by atoms with Gasteiger partial charge in [0, 0.05) is 12.4 Å². The van der Waals surface area contributed by atoms with Crippen LogP contribution in [0.3, 0.4) is 0 Å². The molecule has 9 heteroatoms. The third-order valence-electron chi connectivity index (χ3n) is 3.80. The fourth-order valence-electron chi connectivity index (χ4n) is 2.73. The number of likely N-dealkylation sites (N-methyl/N-ethyl adjacent to an activating group) is 1. The Balaban J connectivity index is 1.57. The number of nitro groups is 1. The van der Waals surface area contributed by atoms with Crippen LogP contribution in [0.25, 0.3) is 4.96 Å². The van der Waals surface area contributed by atoms with E-state index < -0.39 is 4.92 Å². The molecule has 0 spiro atoms. The zero-order valence-corrected chi connectivity index (χ0v) is 13.6. The largest absolute Gasteiger partial charge is 0.486 e. The van der Waals surface area contributed by atoms with Crippen molar-refractivity contribution in [2.45, 2.75) is 6.10 Å². The fourth-order valence-corrected chi connectivity index (χ4v) is 3.44. The van der Waals surface area contributed by atoms with Gasteiger partial charge in [-0.05, 0) is 17.1 Å². The maximum atomic E-state index is 11.4. The molecule has 3 aromatic rings. The summed E-state index contributed by atoms with van der Waals surface area (Å²) in [6, 6.07) is 7.46. The Bertz CT molecular complexity index is 906. The number of ether oxygens (including phenoxy) is 2. The minimum absolute atomic E-state index is 0.0362. The van der Waals surface area contributed by atoms with Crippen molar-refractivity contribution < 1.29 is 14.4 Å². The summed E-state index contributed by atoms with van der Waals surface area (Å²) in [6.07, 6.45) is 1.42. The van der Waals surface area contributed by atoms with Crippen molar-refractivity contribution in [3.8, 4) is 11.5 Å². The number of rotatable bonds is 4. The van der Waals surface area contributed by atoms with Crippen LogP contribution in [0.1, 0.15) is 0 Å². The van der Waals surface area contributed by atoms with Gasteiger partial charge in [0.15, 0.2) is 17.6 Å². The second-order valence-electron chi connectivity index (χ2n) is 5.45. The Morgan fingerprint density at radius 3 is 3.04 bits per heavy atom. The van der Waals surface area contributed by atoms with Gasteiger partial charge in [0.25, 0.3) is 4.96 Å². The lowest BCUT2D eigenvalue weighted by molar-refractivity contribution is -0.389. The molecule has 0 saturated carbocycles. The van der Waals surface area contributed by atoms with E-state index >= 15 is 0 Å². The van der Waals surface area contributed by atoms with E-state index in [0.717, 1.165) is 0 Å². The first kappa shape index (κ1) is 14.8. The molecule has 0 aliphatic carbocycles. The van der Waals surface area contributed by atoms with Crippen molar-refractivity contribution in [3.63, 3.8) is 0 Å². The number of thiazole rings is 1. The Labute approximate surface area is 141 Å². The minimum Gasteiger partial charge on any atom is -0.486 e. The van der Waals surface area contributed by atoms with Crippen LogP contribution in [-0.2, 0) is 0 Å². The highest BCUT2D eigenvalue weighted by molar-refractivity contribution is 7.15.